The smallest absolute Gasteiger partial charge is 0.301 e. The number of ketones is 1. The zero-order chi connectivity index (χ0) is 24.7. The van der Waals surface area contributed by atoms with Gasteiger partial charge in [-0.2, -0.15) is 0 Å². The van der Waals surface area contributed by atoms with Crippen molar-refractivity contribution in [1.82, 2.24) is 4.98 Å². The number of halogens is 1. The van der Waals surface area contributed by atoms with Gasteiger partial charge in [0.1, 0.15) is 11.5 Å². The summed E-state index contributed by atoms with van der Waals surface area (Å²) >= 11 is 7.43. The van der Waals surface area contributed by atoms with Crippen molar-refractivity contribution in [2.75, 3.05) is 12.0 Å². The van der Waals surface area contributed by atoms with Crippen LogP contribution in [-0.4, -0.2) is 33.8 Å². The first-order valence-corrected chi connectivity index (χ1v) is 11.2. The number of aliphatic hydroxyl groups excluding tert-OH is 1. The Bertz CT molecular complexity index is 1350. The van der Waals surface area contributed by atoms with Crippen LogP contribution in [0.3, 0.4) is 0 Å². The number of non-ortho nitro benzene ring substituents is 1. The average Bonchev–Trinajstić information content (AvgIpc) is 3.28. The summed E-state index contributed by atoms with van der Waals surface area (Å²) in [5.74, 6) is -1.82. The number of rotatable bonds is 5. The number of carbonyl (C=O) groups is 2. The number of nitro groups is 1. The molecule has 2 aromatic carbocycles. The number of anilines is 1. The number of hydrogen-bond acceptors (Lipinski definition) is 8. The van der Waals surface area contributed by atoms with Gasteiger partial charge < -0.3 is 9.84 Å². The lowest BCUT2D eigenvalue weighted by atomic mass is 9.95. The summed E-state index contributed by atoms with van der Waals surface area (Å²) in [5.41, 5.74) is 0.985. The van der Waals surface area contributed by atoms with Crippen molar-refractivity contribution in [1.29, 1.82) is 0 Å². The SMILES string of the molecule is COc1ccc(C(O)=C2C(=O)C(=O)N(c3nc(C)c(C)s3)C2c2ccc([N+](=O)[O-])cc2)cc1Cl. The van der Waals surface area contributed by atoms with E-state index >= 15 is 0 Å². The van der Waals surface area contributed by atoms with Gasteiger partial charge in [-0.3, -0.25) is 24.6 Å². The zero-order valence-corrected chi connectivity index (χ0v) is 19.8. The number of methoxy groups -OCH3 is 1. The minimum absolute atomic E-state index is 0.149. The molecule has 1 aromatic heterocycles. The molecular weight excluding hydrogens is 482 g/mol. The molecule has 11 heteroatoms. The Morgan fingerprint density at radius 3 is 2.41 bits per heavy atom. The Balaban J connectivity index is 1.93. The normalized spacial score (nSPS) is 17.3. The molecule has 174 valence electrons. The van der Waals surface area contributed by atoms with Gasteiger partial charge in [-0.25, -0.2) is 4.98 Å². The first-order chi connectivity index (χ1) is 16.1. The van der Waals surface area contributed by atoms with Crippen molar-refractivity contribution in [3.05, 3.63) is 84.9 Å². The topological polar surface area (TPSA) is 123 Å². The third-order valence-electron chi connectivity index (χ3n) is 5.51. The summed E-state index contributed by atoms with van der Waals surface area (Å²) in [6, 6.07) is 8.86. The van der Waals surface area contributed by atoms with E-state index < -0.39 is 28.4 Å². The van der Waals surface area contributed by atoms with E-state index in [2.05, 4.69) is 4.98 Å². The van der Waals surface area contributed by atoms with Crippen LogP contribution in [0.5, 0.6) is 5.75 Å². The number of nitrogens with zero attached hydrogens (tertiary/aromatic N) is 3. The molecule has 9 nitrogen and oxygen atoms in total. The highest BCUT2D eigenvalue weighted by Crippen LogP contribution is 2.44. The number of Topliss-reactive ketones (excluding diaryl/α,β-unsaturated/α-hetero) is 1. The van der Waals surface area contributed by atoms with Crippen molar-refractivity contribution in [2.24, 2.45) is 0 Å². The molecule has 1 aliphatic rings. The largest absolute Gasteiger partial charge is 0.507 e. The molecule has 1 atom stereocenters. The number of amides is 1. The Labute approximate surface area is 203 Å². The van der Waals surface area contributed by atoms with Crippen LogP contribution in [0.1, 0.15) is 27.7 Å². The second-order valence-corrected chi connectivity index (χ2v) is 9.09. The molecule has 0 saturated carbocycles. The Kier molecular flexibility index (Phi) is 6.11. The average molecular weight is 500 g/mol. The lowest BCUT2D eigenvalue weighted by Gasteiger charge is -2.23. The molecule has 0 aliphatic carbocycles. The van der Waals surface area contributed by atoms with Crippen LogP contribution < -0.4 is 9.64 Å². The predicted octanol–water partition coefficient (Wildman–Crippen LogP) is 4.96. The molecule has 1 N–H and O–H groups in total. The lowest BCUT2D eigenvalue weighted by Crippen LogP contribution is -2.29. The second-order valence-electron chi connectivity index (χ2n) is 7.51. The minimum Gasteiger partial charge on any atom is -0.507 e. The summed E-state index contributed by atoms with van der Waals surface area (Å²) in [7, 11) is 1.44. The molecule has 1 aliphatic heterocycles. The van der Waals surface area contributed by atoms with Crippen LogP contribution in [0.15, 0.2) is 48.0 Å². The summed E-state index contributed by atoms with van der Waals surface area (Å²) in [4.78, 5) is 43.4. The van der Waals surface area contributed by atoms with Gasteiger partial charge >= 0.3 is 5.91 Å². The molecule has 2 heterocycles. The fourth-order valence-electron chi connectivity index (χ4n) is 3.65. The van der Waals surface area contributed by atoms with Gasteiger partial charge in [-0.05, 0) is 49.7 Å². The van der Waals surface area contributed by atoms with Gasteiger partial charge in [0, 0.05) is 22.6 Å². The van der Waals surface area contributed by atoms with Crippen LogP contribution in [0.25, 0.3) is 5.76 Å². The highest BCUT2D eigenvalue weighted by atomic mass is 35.5. The van der Waals surface area contributed by atoms with E-state index in [1.165, 1.54) is 65.8 Å². The molecule has 0 radical (unpaired) electrons. The number of nitro benzene ring substituents is 1. The molecular formula is C23H18ClN3O6S. The molecule has 4 rings (SSSR count). The van der Waals surface area contributed by atoms with Crippen LogP contribution in [0.2, 0.25) is 5.02 Å². The van der Waals surface area contributed by atoms with Gasteiger partial charge in [-0.15, -0.1) is 11.3 Å². The first kappa shape index (κ1) is 23.4. The van der Waals surface area contributed by atoms with Gasteiger partial charge in [-0.1, -0.05) is 11.6 Å². The maximum absolute atomic E-state index is 13.2. The van der Waals surface area contributed by atoms with E-state index in [9.17, 15) is 24.8 Å². The van der Waals surface area contributed by atoms with Gasteiger partial charge in [0.15, 0.2) is 5.13 Å². The van der Waals surface area contributed by atoms with Crippen LogP contribution >= 0.6 is 22.9 Å². The minimum atomic E-state index is -1.05. The molecule has 1 amide bonds. The Morgan fingerprint density at radius 1 is 1.21 bits per heavy atom. The highest BCUT2D eigenvalue weighted by Gasteiger charge is 2.48. The second kappa shape index (κ2) is 8.88. The molecule has 1 saturated heterocycles. The summed E-state index contributed by atoms with van der Waals surface area (Å²) in [5, 5.41) is 22.8. The van der Waals surface area contributed by atoms with E-state index in [0.29, 0.717) is 17.0 Å². The van der Waals surface area contributed by atoms with E-state index in [-0.39, 0.29) is 27.0 Å². The fourth-order valence-corrected chi connectivity index (χ4v) is 4.85. The van der Waals surface area contributed by atoms with Crippen molar-refractivity contribution in [2.45, 2.75) is 19.9 Å². The third-order valence-corrected chi connectivity index (χ3v) is 6.88. The number of thiazole rings is 1. The molecule has 34 heavy (non-hydrogen) atoms. The maximum Gasteiger partial charge on any atom is 0.301 e. The number of ether oxygens (including phenoxy) is 1. The number of aryl methyl sites for hydroxylation is 2. The standard InChI is InChI=1S/C23H18ClN3O6S/c1-11-12(2)34-23(25-11)26-19(13-4-7-15(8-5-13)27(31)32)18(21(29)22(26)30)20(28)14-6-9-17(33-3)16(24)10-14/h4-10,19,28H,1-3H3. The van der Waals surface area contributed by atoms with Gasteiger partial charge in [0.05, 0.1) is 34.4 Å². The lowest BCUT2D eigenvalue weighted by molar-refractivity contribution is -0.384. The van der Waals surface area contributed by atoms with Gasteiger partial charge in [0.2, 0.25) is 0 Å². The summed E-state index contributed by atoms with van der Waals surface area (Å²) < 4.78 is 5.13. The third kappa shape index (κ3) is 3.91. The quantitative estimate of drug-likeness (QED) is 0.173. The highest BCUT2D eigenvalue weighted by molar-refractivity contribution is 7.16. The van der Waals surface area contributed by atoms with Crippen molar-refractivity contribution >= 4 is 51.2 Å². The van der Waals surface area contributed by atoms with Crippen molar-refractivity contribution in [3.63, 3.8) is 0 Å². The molecule has 0 spiro atoms. The van der Waals surface area contributed by atoms with Crippen molar-refractivity contribution in [3.8, 4) is 5.75 Å². The molecule has 3 aromatic rings. The van der Waals surface area contributed by atoms with Crippen LogP contribution in [-0.2, 0) is 9.59 Å². The van der Waals surface area contributed by atoms with E-state index in [1.807, 2.05) is 6.92 Å². The van der Waals surface area contributed by atoms with Gasteiger partial charge in [0.25, 0.3) is 11.5 Å². The summed E-state index contributed by atoms with van der Waals surface area (Å²) in [6.07, 6.45) is 0. The summed E-state index contributed by atoms with van der Waals surface area (Å²) in [6.45, 7) is 3.62. The predicted molar refractivity (Wildman–Crippen MR) is 127 cm³/mol. The zero-order valence-electron chi connectivity index (χ0n) is 18.2. The van der Waals surface area contributed by atoms with E-state index in [0.717, 1.165) is 4.88 Å². The number of benzene rings is 2. The molecule has 1 unspecified atom stereocenters. The van der Waals surface area contributed by atoms with Crippen molar-refractivity contribution < 1.29 is 24.4 Å². The number of carbonyl (C=O) groups excluding carboxylic acids is 2. The Hall–Kier alpha value is -3.76. The number of aliphatic hydroxyl groups is 1. The molecule has 0 bridgehead atoms. The number of aromatic nitrogens is 1. The fraction of sp³-hybridized carbons (Fsp3) is 0.174. The van der Waals surface area contributed by atoms with E-state index in [4.69, 9.17) is 16.3 Å². The van der Waals surface area contributed by atoms with Crippen LogP contribution in [0, 0.1) is 24.0 Å². The monoisotopic (exact) mass is 499 g/mol. The number of hydrogen-bond donors (Lipinski definition) is 1. The van der Waals surface area contributed by atoms with E-state index in [1.54, 1.807) is 6.92 Å². The Morgan fingerprint density at radius 2 is 1.88 bits per heavy atom. The van der Waals surface area contributed by atoms with Crippen LogP contribution in [0.4, 0.5) is 10.8 Å². The molecule has 1 fully saturated rings. The first-order valence-electron chi connectivity index (χ1n) is 9.97. The maximum atomic E-state index is 13.2.